The Morgan fingerprint density at radius 3 is 2.03 bits per heavy atom. The van der Waals surface area contributed by atoms with Crippen LogP contribution in [0.3, 0.4) is 0 Å². The van der Waals surface area contributed by atoms with E-state index in [0.29, 0.717) is 0 Å². The fraction of sp³-hybridized carbons (Fsp3) is 0.269. The number of methoxy groups -OCH3 is 1. The van der Waals surface area contributed by atoms with E-state index in [0.717, 1.165) is 11.1 Å². The average molecular weight is 453 g/mol. The Morgan fingerprint density at radius 2 is 1.45 bits per heavy atom. The Kier molecular flexibility index (Phi) is 6.72. The lowest BCUT2D eigenvalue weighted by Gasteiger charge is -2.15. The number of fused-ring (bicyclic) bond motifs is 1. The molecule has 0 saturated carbocycles. The van der Waals surface area contributed by atoms with E-state index in [1.807, 2.05) is 39.8 Å². The first kappa shape index (κ1) is 23.8. The van der Waals surface area contributed by atoms with E-state index in [2.05, 4.69) is 0 Å². The van der Waals surface area contributed by atoms with Gasteiger partial charge in [0.25, 0.3) is 0 Å². The highest BCUT2D eigenvalue weighted by molar-refractivity contribution is 5.89. The fourth-order valence-electron chi connectivity index (χ4n) is 3.52. The van der Waals surface area contributed by atoms with Gasteiger partial charge in [-0.1, -0.05) is 23.3 Å². The molecule has 0 unspecified atom stereocenters. The van der Waals surface area contributed by atoms with Gasteiger partial charge >= 0.3 is 0 Å². The minimum Gasteiger partial charge on any atom is -0.507 e. The summed E-state index contributed by atoms with van der Waals surface area (Å²) >= 11 is 0. The minimum atomic E-state index is -0.464. The van der Waals surface area contributed by atoms with Crippen molar-refractivity contribution in [1.29, 1.82) is 0 Å². The van der Waals surface area contributed by atoms with E-state index in [1.54, 1.807) is 0 Å². The monoisotopic (exact) mass is 452 g/mol. The Labute approximate surface area is 191 Å². The summed E-state index contributed by atoms with van der Waals surface area (Å²) in [5.74, 6) is -1.05. The zero-order valence-corrected chi connectivity index (χ0v) is 19.3. The topological polar surface area (TPSA) is 120 Å². The lowest BCUT2D eigenvalue weighted by Crippen LogP contribution is -2.12. The highest BCUT2D eigenvalue weighted by Crippen LogP contribution is 2.42. The second-order valence-corrected chi connectivity index (χ2v) is 8.35. The van der Waals surface area contributed by atoms with Gasteiger partial charge in [0.2, 0.25) is 5.43 Å². The van der Waals surface area contributed by atoms with Crippen molar-refractivity contribution < 1.29 is 29.6 Å². The van der Waals surface area contributed by atoms with Crippen molar-refractivity contribution in [3.05, 3.63) is 62.8 Å². The van der Waals surface area contributed by atoms with Crippen LogP contribution in [-0.4, -0.2) is 27.5 Å². The first-order valence-electron chi connectivity index (χ1n) is 10.5. The second kappa shape index (κ2) is 9.32. The molecule has 0 amide bonds. The molecule has 0 saturated heterocycles. The van der Waals surface area contributed by atoms with Gasteiger partial charge < -0.3 is 29.6 Å². The summed E-state index contributed by atoms with van der Waals surface area (Å²) in [4.78, 5) is 13.6. The van der Waals surface area contributed by atoms with Crippen molar-refractivity contribution >= 4 is 11.0 Å². The van der Waals surface area contributed by atoms with Crippen LogP contribution in [0.25, 0.3) is 22.3 Å². The van der Waals surface area contributed by atoms with Crippen LogP contribution in [0.5, 0.6) is 28.7 Å². The Bertz CT molecular complexity index is 1340. The Morgan fingerprint density at radius 1 is 0.879 bits per heavy atom. The van der Waals surface area contributed by atoms with Gasteiger partial charge in [0.15, 0.2) is 11.5 Å². The molecule has 0 aliphatic carbocycles. The van der Waals surface area contributed by atoms with Gasteiger partial charge in [0.05, 0.1) is 12.7 Å². The summed E-state index contributed by atoms with van der Waals surface area (Å²) in [6, 6.07) is 3.76. The SMILES string of the molecule is COc1cc(O)c(O)cc1-c1oc2cc(O)c(CC=C(C)C)c(O)c2c(=O)c1CC=C(C)C. The zero-order valence-electron chi connectivity index (χ0n) is 19.3. The molecule has 0 spiro atoms. The van der Waals surface area contributed by atoms with Gasteiger partial charge in [0.1, 0.15) is 34.0 Å². The average Bonchev–Trinajstić information content (AvgIpc) is 2.73. The molecular formula is C26H28O7. The van der Waals surface area contributed by atoms with Crippen LogP contribution in [0.15, 0.2) is 50.7 Å². The molecule has 0 aliphatic rings. The molecule has 7 nitrogen and oxygen atoms in total. The van der Waals surface area contributed by atoms with Gasteiger partial charge in [-0.3, -0.25) is 4.79 Å². The van der Waals surface area contributed by atoms with Crippen LogP contribution in [0.2, 0.25) is 0 Å². The number of aromatic hydroxyl groups is 4. The van der Waals surface area contributed by atoms with Crippen LogP contribution in [0.1, 0.15) is 38.8 Å². The highest BCUT2D eigenvalue weighted by Gasteiger charge is 2.24. The van der Waals surface area contributed by atoms with Crippen molar-refractivity contribution in [2.75, 3.05) is 7.11 Å². The van der Waals surface area contributed by atoms with E-state index in [4.69, 9.17) is 9.15 Å². The maximum atomic E-state index is 13.6. The smallest absolute Gasteiger partial charge is 0.200 e. The van der Waals surface area contributed by atoms with E-state index >= 15 is 0 Å². The number of ether oxygens (including phenoxy) is 1. The van der Waals surface area contributed by atoms with Crippen molar-refractivity contribution in [1.82, 2.24) is 0 Å². The van der Waals surface area contributed by atoms with Gasteiger partial charge in [-0.15, -0.1) is 0 Å². The number of hydrogen-bond donors (Lipinski definition) is 4. The molecule has 3 aromatic rings. The molecule has 1 aromatic heterocycles. The molecule has 0 atom stereocenters. The predicted octanol–water partition coefficient (Wildman–Crippen LogP) is 5.31. The van der Waals surface area contributed by atoms with Crippen molar-refractivity contribution in [2.45, 2.75) is 40.5 Å². The first-order chi connectivity index (χ1) is 15.5. The van der Waals surface area contributed by atoms with Crippen molar-refractivity contribution in [3.8, 4) is 40.1 Å². The quantitative estimate of drug-likeness (QED) is 0.295. The summed E-state index contributed by atoms with van der Waals surface area (Å²) in [6.45, 7) is 7.58. The van der Waals surface area contributed by atoms with Gasteiger partial charge in [-0.2, -0.15) is 0 Å². The number of rotatable bonds is 6. The van der Waals surface area contributed by atoms with Gasteiger partial charge in [-0.25, -0.2) is 0 Å². The van der Waals surface area contributed by atoms with Crippen molar-refractivity contribution in [3.63, 3.8) is 0 Å². The van der Waals surface area contributed by atoms with Gasteiger partial charge in [-0.05, 0) is 46.6 Å². The molecule has 0 fully saturated rings. The van der Waals surface area contributed by atoms with E-state index in [-0.39, 0.29) is 69.3 Å². The third kappa shape index (κ3) is 4.67. The summed E-state index contributed by atoms with van der Waals surface area (Å²) < 4.78 is 11.4. The van der Waals surface area contributed by atoms with E-state index in [9.17, 15) is 25.2 Å². The summed E-state index contributed by atoms with van der Waals surface area (Å²) in [7, 11) is 1.39. The molecule has 33 heavy (non-hydrogen) atoms. The minimum absolute atomic E-state index is 0.0125. The lowest BCUT2D eigenvalue weighted by molar-refractivity contribution is 0.386. The Hall–Kier alpha value is -3.87. The fourth-order valence-corrected chi connectivity index (χ4v) is 3.52. The largest absolute Gasteiger partial charge is 0.507 e. The molecule has 174 valence electrons. The van der Waals surface area contributed by atoms with Crippen LogP contribution in [0.4, 0.5) is 0 Å². The number of allylic oxidation sites excluding steroid dienone is 4. The van der Waals surface area contributed by atoms with Crippen LogP contribution in [0, 0.1) is 0 Å². The summed E-state index contributed by atoms with van der Waals surface area (Å²) in [6.07, 6.45) is 4.13. The van der Waals surface area contributed by atoms with Crippen LogP contribution < -0.4 is 10.2 Å². The third-order valence-corrected chi connectivity index (χ3v) is 5.30. The third-order valence-electron chi connectivity index (χ3n) is 5.30. The number of phenols is 4. The molecule has 4 N–H and O–H groups in total. The molecule has 7 heteroatoms. The summed E-state index contributed by atoms with van der Waals surface area (Å²) in [5, 5.41) is 41.3. The van der Waals surface area contributed by atoms with Crippen LogP contribution >= 0.6 is 0 Å². The summed E-state index contributed by atoms with van der Waals surface area (Å²) in [5.41, 5.74) is 2.21. The molecule has 0 radical (unpaired) electrons. The zero-order chi connectivity index (χ0) is 24.4. The number of benzene rings is 2. The first-order valence-corrected chi connectivity index (χ1v) is 10.5. The second-order valence-electron chi connectivity index (χ2n) is 8.35. The molecule has 1 heterocycles. The van der Waals surface area contributed by atoms with Crippen molar-refractivity contribution in [2.24, 2.45) is 0 Å². The molecule has 0 aliphatic heterocycles. The number of hydrogen-bond acceptors (Lipinski definition) is 7. The van der Waals surface area contributed by atoms with E-state index < -0.39 is 11.2 Å². The lowest BCUT2D eigenvalue weighted by atomic mass is 9.98. The Balaban J connectivity index is 2.42. The van der Waals surface area contributed by atoms with Crippen LogP contribution in [-0.2, 0) is 12.8 Å². The van der Waals surface area contributed by atoms with Gasteiger partial charge in [0, 0.05) is 23.3 Å². The van der Waals surface area contributed by atoms with E-state index in [1.165, 1.54) is 25.3 Å². The highest BCUT2D eigenvalue weighted by atomic mass is 16.5. The molecule has 2 aromatic carbocycles. The molecule has 3 rings (SSSR count). The normalized spacial score (nSPS) is 10.8. The maximum Gasteiger partial charge on any atom is 0.200 e. The maximum absolute atomic E-state index is 13.6. The molecular weight excluding hydrogens is 424 g/mol. The number of phenolic OH excluding ortho intramolecular Hbond substituents is 4. The molecule has 0 bridgehead atoms. The standard InChI is InChI=1S/C26H28O7/c1-13(2)6-8-15-18(27)11-22-23(24(15)30)25(31)16(9-7-14(3)4)26(33-22)17-10-19(28)20(29)12-21(17)32-5/h6-7,10-12,27-30H,8-9H2,1-5H3. The predicted molar refractivity (Wildman–Crippen MR) is 127 cm³/mol.